The van der Waals surface area contributed by atoms with Crippen LogP contribution in [-0.4, -0.2) is 24.7 Å². The Bertz CT molecular complexity index is 469. The van der Waals surface area contributed by atoms with Crippen molar-refractivity contribution in [3.8, 4) is 11.5 Å². The number of methoxy groups -OCH3 is 1. The molecule has 1 amide bonds. The molecular weight excluding hydrogens is 266 g/mol. The Labute approximate surface area is 127 Å². The molecule has 0 radical (unpaired) electrons. The maximum absolute atomic E-state index is 12.1. The van der Waals surface area contributed by atoms with Gasteiger partial charge in [-0.25, -0.2) is 0 Å². The molecule has 0 bridgehead atoms. The van der Waals surface area contributed by atoms with Gasteiger partial charge in [0.25, 0.3) is 5.91 Å². The van der Waals surface area contributed by atoms with Crippen molar-refractivity contribution in [1.82, 2.24) is 5.32 Å². The fourth-order valence-corrected chi connectivity index (χ4v) is 2.19. The second kappa shape index (κ2) is 7.91. The van der Waals surface area contributed by atoms with E-state index in [4.69, 9.17) is 4.74 Å². The normalized spacial score (nSPS) is 11.2. The molecule has 4 heteroatoms. The van der Waals surface area contributed by atoms with E-state index in [2.05, 4.69) is 26.1 Å². The molecule has 4 nitrogen and oxygen atoms in total. The lowest BCUT2D eigenvalue weighted by atomic mass is 9.87. The highest BCUT2D eigenvalue weighted by atomic mass is 16.5. The molecule has 21 heavy (non-hydrogen) atoms. The highest BCUT2D eigenvalue weighted by molar-refractivity contribution is 5.94. The van der Waals surface area contributed by atoms with Gasteiger partial charge in [0.05, 0.1) is 7.11 Å². The van der Waals surface area contributed by atoms with Gasteiger partial charge in [-0.2, -0.15) is 0 Å². The fourth-order valence-electron chi connectivity index (χ4n) is 2.19. The van der Waals surface area contributed by atoms with Gasteiger partial charge in [0.1, 0.15) is 0 Å². The van der Waals surface area contributed by atoms with Crippen molar-refractivity contribution in [2.75, 3.05) is 13.7 Å². The first kappa shape index (κ1) is 17.3. The van der Waals surface area contributed by atoms with Crippen LogP contribution >= 0.6 is 0 Å². The standard InChI is InChI=1S/C17H27NO3/c1-5-6-7-10-17(2,3)12-18-16(20)13-8-9-15(21-4)14(19)11-13/h8-9,11,19H,5-7,10,12H2,1-4H3,(H,18,20). The van der Waals surface area contributed by atoms with Gasteiger partial charge in [0.2, 0.25) is 0 Å². The molecule has 0 unspecified atom stereocenters. The van der Waals surface area contributed by atoms with E-state index >= 15 is 0 Å². The van der Waals surface area contributed by atoms with Crippen molar-refractivity contribution >= 4 is 5.91 Å². The molecule has 0 aliphatic carbocycles. The minimum atomic E-state index is -0.170. The SMILES string of the molecule is CCCCCC(C)(C)CNC(=O)c1ccc(OC)c(O)c1. The van der Waals surface area contributed by atoms with Crippen LogP contribution in [0.2, 0.25) is 0 Å². The van der Waals surface area contributed by atoms with Crippen LogP contribution in [-0.2, 0) is 0 Å². The van der Waals surface area contributed by atoms with Gasteiger partial charge in [-0.3, -0.25) is 4.79 Å². The number of unbranched alkanes of at least 4 members (excludes halogenated alkanes) is 2. The lowest BCUT2D eigenvalue weighted by Crippen LogP contribution is -2.34. The summed E-state index contributed by atoms with van der Waals surface area (Å²) < 4.78 is 4.97. The molecule has 1 aromatic carbocycles. The third-order valence-electron chi connectivity index (χ3n) is 3.63. The Morgan fingerprint density at radius 2 is 2.05 bits per heavy atom. The Hall–Kier alpha value is -1.71. The molecule has 1 rings (SSSR count). The fraction of sp³-hybridized carbons (Fsp3) is 0.588. The summed E-state index contributed by atoms with van der Waals surface area (Å²) in [6, 6.07) is 4.67. The molecule has 1 aromatic rings. The smallest absolute Gasteiger partial charge is 0.251 e. The second-order valence-electron chi connectivity index (χ2n) is 6.19. The topological polar surface area (TPSA) is 58.6 Å². The van der Waals surface area contributed by atoms with E-state index in [1.54, 1.807) is 12.1 Å². The van der Waals surface area contributed by atoms with Crippen LogP contribution in [0, 0.1) is 5.41 Å². The van der Waals surface area contributed by atoms with E-state index in [0.717, 1.165) is 6.42 Å². The number of phenolic OH excluding ortho intramolecular Hbond substituents is 1. The first-order valence-corrected chi connectivity index (χ1v) is 7.55. The van der Waals surface area contributed by atoms with Crippen LogP contribution in [0.4, 0.5) is 0 Å². The maximum Gasteiger partial charge on any atom is 0.251 e. The molecule has 0 saturated heterocycles. The number of aromatic hydroxyl groups is 1. The molecule has 118 valence electrons. The number of nitrogens with one attached hydrogen (secondary N) is 1. The summed E-state index contributed by atoms with van der Waals surface area (Å²) in [6.07, 6.45) is 4.70. The summed E-state index contributed by atoms with van der Waals surface area (Å²) in [4.78, 5) is 12.1. The first-order valence-electron chi connectivity index (χ1n) is 7.55. The third-order valence-corrected chi connectivity index (χ3v) is 3.63. The molecule has 0 fully saturated rings. The summed E-state index contributed by atoms with van der Waals surface area (Å²) >= 11 is 0. The van der Waals surface area contributed by atoms with E-state index in [-0.39, 0.29) is 17.1 Å². The summed E-state index contributed by atoms with van der Waals surface area (Å²) in [5.41, 5.74) is 0.525. The zero-order valence-corrected chi connectivity index (χ0v) is 13.5. The molecule has 0 aliphatic rings. The number of hydrogen-bond acceptors (Lipinski definition) is 3. The Balaban J connectivity index is 2.55. The monoisotopic (exact) mass is 293 g/mol. The third kappa shape index (κ3) is 5.66. The van der Waals surface area contributed by atoms with Crippen molar-refractivity contribution in [2.24, 2.45) is 5.41 Å². The molecule has 0 aromatic heterocycles. The highest BCUT2D eigenvalue weighted by Gasteiger charge is 2.19. The quantitative estimate of drug-likeness (QED) is 0.718. The maximum atomic E-state index is 12.1. The van der Waals surface area contributed by atoms with Crippen LogP contribution in [0.3, 0.4) is 0 Å². The van der Waals surface area contributed by atoms with Crippen LogP contribution < -0.4 is 10.1 Å². The summed E-state index contributed by atoms with van der Waals surface area (Å²) in [7, 11) is 1.48. The predicted molar refractivity (Wildman–Crippen MR) is 84.9 cm³/mol. The van der Waals surface area contributed by atoms with E-state index in [9.17, 15) is 9.90 Å². The number of benzene rings is 1. The van der Waals surface area contributed by atoms with Crippen molar-refractivity contribution in [3.05, 3.63) is 23.8 Å². The van der Waals surface area contributed by atoms with Gasteiger partial charge in [0, 0.05) is 12.1 Å². The van der Waals surface area contributed by atoms with Crippen molar-refractivity contribution in [1.29, 1.82) is 0 Å². The number of phenols is 1. The highest BCUT2D eigenvalue weighted by Crippen LogP contribution is 2.26. The number of hydrogen-bond donors (Lipinski definition) is 2. The van der Waals surface area contributed by atoms with E-state index in [1.165, 1.54) is 32.4 Å². The van der Waals surface area contributed by atoms with E-state index in [1.807, 2.05) is 0 Å². The Kier molecular flexibility index (Phi) is 6.53. The van der Waals surface area contributed by atoms with Crippen molar-refractivity contribution in [3.63, 3.8) is 0 Å². The van der Waals surface area contributed by atoms with Gasteiger partial charge in [0.15, 0.2) is 11.5 Å². The van der Waals surface area contributed by atoms with Crippen LogP contribution in [0.25, 0.3) is 0 Å². The molecule has 0 saturated carbocycles. The minimum Gasteiger partial charge on any atom is -0.504 e. The Morgan fingerprint density at radius 1 is 1.33 bits per heavy atom. The lowest BCUT2D eigenvalue weighted by Gasteiger charge is -2.25. The number of rotatable bonds is 8. The van der Waals surface area contributed by atoms with Gasteiger partial charge in [-0.15, -0.1) is 0 Å². The van der Waals surface area contributed by atoms with Gasteiger partial charge in [-0.1, -0.05) is 40.0 Å². The van der Waals surface area contributed by atoms with Gasteiger partial charge >= 0.3 is 0 Å². The van der Waals surface area contributed by atoms with Gasteiger partial charge < -0.3 is 15.2 Å². The van der Waals surface area contributed by atoms with E-state index < -0.39 is 0 Å². The average Bonchev–Trinajstić information content (AvgIpc) is 2.45. The second-order valence-corrected chi connectivity index (χ2v) is 6.19. The number of ether oxygens (including phenoxy) is 1. The molecule has 0 aliphatic heterocycles. The van der Waals surface area contributed by atoms with Crippen LogP contribution in [0.1, 0.15) is 56.8 Å². The predicted octanol–water partition coefficient (Wildman–Crippen LogP) is 3.74. The van der Waals surface area contributed by atoms with Crippen molar-refractivity contribution < 1.29 is 14.6 Å². The summed E-state index contributed by atoms with van der Waals surface area (Å²) in [5.74, 6) is 0.176. The first-order chi connectivity index (χ1) is 9.89. The molecule has 0 spiro atoms. The number of carbonyl (C=O) groups excluding carboxylic acids is 1. The lowest BCUT2D eigenvalue weighted by molar-refractivity contribution is 0.0933. The average molecular weight is 293 g/mol. The summed E-state index contributed by atoms with van der Waals surface area (Å²) in [5, 5.41) is 12.6. The van der Waals surface area contributed by atoms with Crippen LogP contribution in [0.5, 0.6) is 11.5 Å². The number of carbonyl (C=O) groups is 1. The summed E-state index contributed by atoms with van der Waals surface area (Å²) in [6.45, 7) is 7.14. The number of amides is 1. The van der Waals surface area contributed by atoms with E-state index in [0.29, 0.717) is 17.9 Å². The molecule has 2 N–H and O–H groups in total. The largest absolute Gasteiger partial charge is 0.504 e. The zero-order chi connectivity index (χ0) is 15.9. The molecule has 0 heterocycles. The molecule has 0 atom stereocenters. The van der Waals surface area contributed by atoms with Crippen molar-refractivity contribution in [2.45, 2.75) is 46.5 Å². The van der Waals surface area contributed by atoms with Crippen LogP contribution in [0.15, 0.2) is 18.2 Å². The minimum absolute atomic E-state index is 0.0210. The zero-order valence-electron chi connectivity index (χ0n) is 13.5. The molecular formula is C17H27NO3. The Morgan fingerprint density at radius 3 is 2.62 bits per heavy atom. The van der Waals surface area contributed by atoms with Gasteiger partial charge in [-0.05, 0) is 30.0 Å².